The van der Waals surface area contributed by atoms with Crippen molar-refractivity contribution in [3.05, 3.63) is 29.8 Å². The van der Waals surface area contributed by atoms with Gasteiger partial charge in [-0.1, -0.05) is 19.1 Å². The molecule has 0 saturated heterocycles. The molecule has 17 heavy (non-hydrogen) atoms. The number of phenols is 1. The maximum atomic E-state index is 10.5. The summed E-state index contributed by atoms with van der Waals surface area (Å²) in [7, 11) is 0. The van der Waals surface area contributed by atoms with Gasteiger partial charge in [-0.15, -0.1) is 0 Å². The van der Waals surface area contributed by atoms with E-state index in [0.717, 1.165) is 0 Å². The molecule has 0 bridgehead atoms. The van der Waals surface area contributed by atoms with Crippen molar-refractivity contribution < 1.29 is 24.9 Å². The maximum absolute atomic E-state index is 10.5. The number of aliphatic hydroxyl groups is 1. The Morgan fingerprint density at radius 1 is 1.35 bits per heavy atom. The highest BCUT2D eigenvalue weighted by atomic mass is 16.4. The molecule has 0 heterocycles. The lowest BCUT2D eigenvalue weighted by Crippen LogP contribution is -2.17. The molecular formula is C11H15NO5. The van der Waals surface area contributed by atoms with Crippen LogP contribution < -0.4 is 5.73 Å². The highest BCUT2D eigenvalue weighted by Gasteiger charge is 2.07. The van der Waals surface area contributed by atoms with Crippen molar-refractivity contribution in [3.8, 4) is 5.75 Å². The summed E-state index contributed by atoms with van der Waals surface area (Å²) in [6, 6.07) is 6.15. The quantitative estimate of drug-likeness (QED) is 0.607. The van der Waals surface area contributed by atoms with Crippen LogP contribution >= 0.6 is 0 Å². The molecule has 6 heteroatoms. The van der Waals surface area contributed by atoms with Crippen molar-refractivity contribution in [1.82, 2.24) is 0 Å². The number of nitrogens with two attached hydrogens (primary N) is 1. The molecule has 0 spiro atoms. The number of hydrogen-bond donors (Lipinski definition) is 4. The normalized spacial score (nSPS) is 10.9. The third-order valence-corrected chi connectivity index (χ3v) is 1.84. The van der Waals surface area contributed by atoms with E-state index in [1.165, 1.54) is 12.1 Å². The number of carbonyl (C=O) groups is 2. The highest BCUT2D eigenvalue weighted by Crippen LogP contribution is 2.13. The summed E-state index contributed by atoms with van der Waals surface area (Å²) in [6.07, 6.45) is -0.907. The van der Waals surface area contributed by atoms with E-state index in [4.69, 9.17) is 21.1 Å². The van der Waals surface area contributed by atoms with E-state index >= 15 is 0 Å². The van der Waals surface area contributed by atoms with Gasteiger partial charge in [-0.2, -0.15) is 0 Å². The summed E-state index contributed by atoms with van der Waals surface area (Å²) >= 11 is 0. The Labute approximate surface area is 98.3 Å². The average molecular weight is 241 g/mol. The molecule has 6 nitrogen and oxygen atoms in total. The summed E-state index contributed by atoms with van der Waals surface area (Å²) in [4.78, 5) is 20.2. The molecule has 94 valence electrons. The zero-order valence-corrected chi connectivity index (χ0v) is 9.33. The van der Waals surface area contributed by atoms with E-state index in [2.05, 4.69) is 0 Å². The Hall–Kier alpha value is -2.08. The first-order chi connectivity index (χ1) is 7.90. The molecule has 0 aliphatic heterocycles. The van der Waals surface area contributed by atoms with Crippen LogP contribution in [0.5, 0.6) is 5.75 Å². The molecule has 5 N–H and O–H groups in total. The van der Waals surface area contributed by atoms with E-state index in [1.807, 2.05) is 0 Å². The summed E-state index contributed by atoms with van der Waals surface area (Å²) in [5, 5.41) is 25.2. The SMILES string of the molecule is CCC(O)C(=O)O.NC(=O)c1ccccc1O. The van der Waals surface area contributed by atoms with Gasteiger partial charge in [0.2, 0.25) is 0 Å². The van der Waals surface area contributed by atoms with Crippen LogP contribution in [-0.4, -0.2) is 33.3 Å². The fraction of sp³-hybridized carbons (Fsp3) is 0.273. The first kappa shape index (κ1) is 14.9. The van der Waals surface area contributed by atoms with Gasteiger partial charge in [-0.25, -0.2) is 4.79 Å². The summed E-state index contributed by atoms with van der Waals surface area (Å²) in [5.41, 5.74) is 5.07. The second-order valence-corrected chi connectivity index (χ2v) is 3.14. The van der Waals surface area contributed by atoms with Gasteiger partial charge in [0, 0.05) is 0 Å². The molecule has 1 unspecified atom stereocenters. The fourth-order valence-corrected chi connectivity index (χ4v) is 0.857. The number of primary amides is 1. The molecule has 1 aromatic carbocycles. The first-order valence-corrected chi connectivity index (χ1v) is 4.88. The second kappa shape index (κ2) is 7.24. The Morgan fingerprint density at radius 3 is 2.12 bits per heavy atom. The molecule has 1 atom stereocenters. The number of benzene rings is 1. The Bertz CT molecular complexity index is 391. The molecule has 0 saturated carbocycles. The van der Waals surface area contributed by atoms with E-state index < -0.39 is 18.0 Å². The van der Waals surface area contributed by atoms with Crippen LogP contribution in [0.25, 0.3) is 0 Å². The predicted octanol–water partition coefficient (Wildman–Crippen LogP) is 0.333. The lowest BCUT2D eigenvalue weighted by Gasteiger charge is -1.96. The van der Waals surface area contributed by atoms with Gasteiger partial charge in [-0.05, 0) is 18.6 Å². The van der Waals surface area contributed by atoms with Crippen molar-refractivity contribution in [1.29, 1.82) is 0 Å². The minimum absolute atomic E-state index is 0.0741. The van der Waals surface area contributed by atoms with Crippen LogP contribution in [0.2, 0.25) is 0 Å². The number of aromatic hydroxyl groups is 1. The topological polar surface area (TPSA) is 121 Å². The van der Waals surface area contributed by atoms with Crippen LogP contribution in [-0.2, 0) is 4.79 Å². The van der Waals surface area contributed by atoms with Gasteiger partial charge >= 0.3 is 5.97 Å². The summed E-state index contributed by atoms with van der Waals surface area (Å²) < 4.78 is 0. The molecule has 0 aliphatic carbocycles. The zero-order valence-electron chi connectivity index (χ0n) is 9.33. The monoisotopic (exact) mass is 241 g/mol. The highest BCUT2D eigenvalue weighted by molar-refractivity contribution is 5.95. The zero-order chi connectivity index (χ0) is 13.4. The van der Waals surface area contributed by atoms with E-state index in [-0.39, 0.29) is 17.7 Å². The van der Waals surface area contributed by atoms with Crippen molar-refractivity contribution in [2.75, 3.05) is 0 Å². The summed E-state index contributed by atoms with van der Waals surface area (Å²) in [5.74, 6) is -1.84. The minimum atomic E-state index is -1.18. The Kier molecular flexibility index (Phi) is 6.35. The van der Waals surface area contributed by atoms with Gasteiger partial charge in [0.15, 0.2) is 6.10 Å². The third kappa shape index (κ3) is 5.53. The van der Waals surface area contributed by atoms with Gasteiger partial charge < -0.3 is 21.1 Å². The number of aliphatic carboxylic acids is 1. The number of hydrogen-bond acceptors (Lipinski definition) is 4. The number of carboxylic acids is 1. The molecule has 0 radical (unpaired) electrons. The number of rotatable bonds is 3. The largest absolute Gasteiger partial charge is 0.507 e. The molecule has 1 aromatic rings. The smallest absolute Gasteiger partial charge is 0.332 e. The number of aliphatic hydroxyl groups excluding tert-OH is 1. The number of carbonyl (C=O) groups excluding carboxylic acids is 1. The first-order valence-electron chi connectivity index (χ1n) is 4.88. The predicted molar refractivity (Wildman–Crippen MR) is 60.6 cm³/mol. The van der Waals surface area contributed by atoms with Gasteiger partial charge in [0.05, 0.1) is 5.56 Å². The number of para-hydroxylation sites is 1. The van der Waals surface area contributed by atoms with Gasteiger partial charge in [-0.3, -0.25) is 4.79 Å². The molecule has 0 aromatic heterocycles. The number of carboxylic acid groups (broad SMARTS) is 1. The van der Waals surface area contributed by atoms with Crippen LogP contribution in [0, 0.1) is 0 Å². The van der Waals surface area contributed by atoms with Crippen molar-refractivity contribution in [2.45, 2.75) is 19.4 Å². The molecule has 0 fully saturated rings. The fourth-order valence-electron chi connectivity index (χ4n) is 0.857. The summed E-state index contributed by atoms with van der Waals surface area (Å²) in [6.45, 7) is 1.61. The Morgan fingerprint density at radius 2 is 1.88 bits per heavy atom. The minimum Gasteiger partial charge on any atom is -0.507 e. The van der Waals surface area contributed by atoms with E-state index in [1.54, 1.807) is 19.1 Å². The van der Waals surface area contributed by atoms with Crippen molar-refractivity contribution in [3.63, 3.8) is 0 Å². The lowest BCUT2D eigenvalue weighted by molar-refractivity contribution is -0.146. The molecule has 1 amide bonds. The second-order valence-electron chi connectivity index (χ2n) is 3.14. The molecule has 0 aliphatic rings. The molecule has 1 rings (SSSR count). The third-order valence-electron chi connectivity index (χ3n) is 1.84. The van der Waals surface area contributed by atoms with Crippen molar-refractivity contribution >= 4 is 11.9 Å². The van der Waals surface area contributed by atoms with E-state index in [0.29, 0.717) is 0 Å². The van der Waals surface area contributed by atoms with E-state index in [9.17, 15) is 9.59 Å². The van der Waals surface area contributed by atoms with Gasteiger partial charge in [0.25, 0.3) is 5.91 Å². The van der Waals surface area contributed by atoms with Crippen LogP contribution in [0.15, 0.2) is 24.3 Å². The average Bonchev–Trinajstić information content (AvgIpc) is 2.28. The van der Waals surface area contributed by atoms with Crippen LogP contribution in [0.3, 0.4) is 0 Å². The standard InChI is InChI=1S/C7H7NO2.C4H8O3/c8-7(10)5-3-1-2-4-6(5)9;1-2-3(5)4(6)7/h1-4,9H,(H2,8,10);3,5H,2H2,1H3,(H,6,7). The van der Waals surface area contributed by atoms with Crippen LogP contribution in [0.4, 0.5) is 0 Å². The maximum Gasteiger partial charge on any atom is 0.332 e. The van der Waals surface area contributed by atoms with Gasteiger partial charge in [0.1, 0.15) is 5.75 Å². The Balaban J connectivity index is 0.000000325. The number of amides is 1. The lowest BCUT2D eigenvalue weighted by atomic mass is 10.2. The van der Waals surface area contributed by atoms with Crippen molar-refractivity contribution in [2.24, 2.45) is 5.73 Å². The molecular weight excluding hydrogens is 226 g/mol. The van der Waals surface area contributed by atoms with Crippen LogP contribution in [0.1, 0.15) is 23.7 Å².